The number of benzene rings is 1. The Balaban J connectivity index is 2.21. The molecular formula is C15H15NOS2. The van der Waals surface area contributed by atoms with Crippen molar-refractivity contribution in [3.05, 3.63) is 52.4 Å². The number of hydrogen-bond donors (Lipinski definition) is 0. The molecule has 0 aliphatic carbocycles. The van der Waals surface area contributed by atoms with Crippen LogP contribution in [0.15, 0.2) is 46.9 Å². The van der Waals surface area contributed by atoms with Gasteiger partial charge < -0.3 is 0 Å². The standard InChI is InChI=1S/C15H15NOS2/c1-3-16-14(17)13(19-15(16)18)10-11(2)9-12-7-5-4-6-8-12/h4-10H,3H2,1-2H3. The van der Waals surface area contributed by atoms with Crippen molar-refractivity contribution in [1.82, 2.24) is 4.90 Å². The summed E-state index contributed by atoms with van der Waals surface area (Å²) >= 11 is 6.56. The molecule has 0 atom stereocenters. The summed E-state index contributed by atoms with van der Waals surface area (Å²) in [5.41, 5.74) is 2.17. The van der Waals surface area contributed by atoms with Gasteiger partial charge in [-0.05, 0) is 31.1 Å². The first-order valence-corrected chi connectivity index (χ1v) is 7.33. The summed E-state index contributed by atoms with van der Waals surface area (Å²) in [4.78, 5) is 14.4. The monoisotopic (exact) mass is 289 g/mol. The van der Waals surface area contributed by atoms with Crippen molar-refractivity contribution < 1.29 is 4.79 Å². The van der Waals surface area contributed by atoms with Gasteiger partial charge in [0.05, 0.1) is 4.91 Å². The van der Waals surface area contributed by atoms with E-state index < -0.39 is 0 Å². The summed E-state index contributed by atoms with van der Waals surface area (Å²) in [5, 5.41) is 0. The van der Waals surface area contributed by atoms with Crippen LogP contribution in [0.2, 0.25) is 0 Å². The van der Waals surface area contributed by atoms with Gasteiger partial charge in [0.1, 0.15) is 4.32 Å². The van der Waals surface area contributed by atoms with E-state index in [-0.39, 0.29) is 5.91 Å². The van der Waals surface area contributed by atoms with Crippen LogP contribution in [-0.2, 0) is 4.79 Å². The van der Waals surface area contributed by atoms with Crippen molar-refractivity contribution in [3.63, 3.8) is 0 Å². The minimum atomic E-state index is 0.0123. The van der Waals surface area contributed by atoms with Crippen molar-refractivity contribution in [2.75, 3.05) is 6.54 Å². The van der Waals surface area contributed by atoms with E-state index in [9.17, 15) is 4.79 Å². The molecule has 98 valence electrons. The van der Waals surface area contributed by atoms with Crippen LogP contribution in [0.4, 0.5) is 0 Å². The van der Waals surface area contributed by atoms with Crippen LogP contribution < -0.4 is 0 Å². The van der Waals surface area contributed by atoms with E-state index in [1.165, 1.54) is 11.8 Å². The fourth-order valence-electron chi connectivity index (χ4n) is 1.83. The van der Waals surface area contributed by atoms with Gasteiger partial charge in [0, 0.05) is 6.54 Å². The van der Waals surface area contributed by atoms with E-state index >= 15 is 0 Å². The Morgan fingerprint density at radius 1 is 1.37 bits per heavy atom. The lowest BCUT2D eigenvalue weighted by Crippen LogP contribution is -2.27. The highest BCUT2D eigenvalue weighted by Gasteiger charge is 2.30. The Labute approximate surface area is 123 Å². The van der Waals surface area contributed by atoms with E-state index in [2.05, 4.69) is 6.08 Å². The first-order chi connectivity index (χ1) is 9.11. The maximum absolute atomic E-state index is 12.1. The normalized spacial score (nSPS) is 18.5. The number of hydrogen-bond acceptors (Lipinski definition) is 3. The number of thiocarbonyl (C=S) groups is 1. The van der Waals surface area contributed by atoms with Crippen LogP contribution in [0.1, 0.15) is 19.4 Å². The van der Waals surface area contributed by atoms with Gasteiger partial charge in [-0.25, -0.2) is 0 Å². The second-order valence-electron chi connectivity index (χ2n) is 4.23. The van der Waals surface area contributed by atoms with Gasteiger partial charge in [0.2, 0.25) is 0 Å². The minimum Gasteiger partial charge on any atom is -0.293 e. The highest BCUT2D eigenvalue weighted by molar-refractivity contribution is 8.26. The Bertz CT molecular complexity index is 561. The fraction of sp³-hybridized carbons (Fsp3) is 0.200. The van der Waals surface area contributed by atoms with Gasteiger partial charge in [0.15, 0.2) is 0 Å². The van der Waals surface area contributed by atoms with Crippen molar-refractivity contribution in [2.24, 2.45) is 0 Å². The van der Waals surface area contributed by atoms with Gasteiger partial charge >= 0.3 is 0 Å². The lowest BCUT2D eigenvalue weighted by atomic mass is 10.1. The molecule has 0 aromatic heterocycles. The lowest BCUT2D eigenvalue weighted by Gasteiger charge is -2.09. The van der Waals surface area contributed by atoms with Gasteiger partial charge in [-0.2, -0.15) is 0 Å². The van der Waals surface area contributed by atoms with E-state index in [4.69, 9.17) is 12.2 Å². The molecule has 1 aromatic carbocycles. The number of amides is 1. The number of rotatable bonds is 3. The zero-order chi connectivity index (χ0) is 13.8. The third-order valence-corrected chi connectivity index (χ3v) is 4.12. The van der Waals surface area contributed by atoms with E-state index in [1.807, 2.05) is 50.3 Å². The maximum atomic E-state index is 12.1. The largest absolute Gasteiger partial charge is 0.293 e. The molecule has 0 bridgehead atoms. The van der Waals surface area contributed by atoms with E-state index in [0.29, 0.717) is 15.8 Å². The van der Waals surface area contributed by atoms with Crippen LogP contribution >= 0.6 is 24.0 Å². The molecule has 4 heteroatoms. The molecule has 2 rings (SSSR count). The number of carbonyl (C=O) groups is 1. The third-order valence-electron chi connectivity index (χ3n) is 2.74. The number of nitrogens with zero attached hydrogens (tertiary/aromatic N) is 1. The van der Waals surface area contributed by atoms with Crippen LogP contribution in [0, 0.1) is 0 Å². The predicted molar refractivity (Wildman–Crippen MR) is 85.8 cm³/mol. The van der Waals surface area contributed by atoms with Gasteiger partial charge in [-0.3, -0.25) is 9.69 Å². The molecule has 1 saturated heterocycles. The highest BCUT2D eigenvalue weighted by atomic mass is 32.2. The van der Waals surface area contributed by atoms with E-state index in [1.54, 1.807) is 4.90 Å². The molecule has 1 aliphatic rings. The molecule has 0 spiro atoms. The molecule has 1 aliphatic heterocycles. The number of likely N-dealkylation sites (N-methyl/N-ethyl adjacent to an activating group) is 1. The van der Waals surface area contributed by atoms with Gasteiger partial charge in [0.25, 0.3) is 5.91 Å². The first kappa shape index (κ1) is 14.0. The Morgan fingerprint density at radius 3 is 2.63 bits per heavy atom. The number of thioether (sulfide) groups is 1. The molecule has 1 amide bonds. The van der Waals surface area contributed by atoms with Gasteiger partial charge in [-0.15, -0.1) is 0 Å². The van der Waals surface area contributed by atoms with Crippen LogP contribution in [0.25, 0.3) is 6.08 Å². The quantitative estimate of drug-likeness (QED) is 0.622. The Hall–Kier alpha value is -1.39. The molecule has 1 heterocycles. The Kier molecular flexibility index (Phi) is 4.56. The molecule has 0 unspecified atom stereocenters. The van der Waals surface area contributed by atoms with Crippen molar-refractivity contribution in [1.29, 1.82) is 0 Å². The number of allylic oxidation sites excluding steroid dienone is 2. The average molecular weight is 289 g/mol. The zero-order valence-electron chi connectivity index (χ0n) is 10.9. The molecule has 1 fully saturated rings. The summed E-state index contributed by atoms with van der Waals surface area (Å²) in [6.07, 6.45) is 3.96. The third kappa shape index (κ3) is 3.33. The molecule has 19 heavy (non-hydrogen) atoms. The molecule has 1 aromatic rings. The van der Waals surface area contributed by atoms with Crippen molar-refractivity contribution >= 4 is 40.3 Å². The Morgan fingerprint density at radius 2 is 2.05 bits per heavy atom. The maximum Gasteiger partial charge on any atom is 0.266 e. The van der Waals surface area contributed by atoms with Crippen LogP contribution in [-0.4, -0.2) is 21.7 Å². The second kappa shape index (κ2) is 6.17. The van der Waals surface area contributed by atoms with Crippen molar-refractivity contribution in [2.45, 2.75) is 13.8 Å². The summed E-state index contributed by atoms with van der Waals surface area (Å²) in [6.45, 7) is 4.55. The zero-order valence-corrected chi connectivity index (χ0v) is 12.6. The van der Waals surface area contributed by atoms with Crippen molar-refractivity contribution in [3.8, 4) is 0 Å². The smallest absolute Gasteiger partial charge is 0.266 e. The summed E-state index contributed by atoms with van der Waals surface area (Å²) in [6, 6.07) is 10.0. The summed E-state index contributed by atoms with van der Waals surface area (Å²) in [7, 11) is 0. The lowest BCUT2D eigenvalue weighted by molar-refractivity contribution is -0.122. The SMILES string of the molecule is CCN1C(=O)C(=CC(C)=Cc2ccccc2)SC1=S. The molecule has 0 saturated carbocycles. The fourth-order valence-corrected chi connectivity index (χ4v) is 3.27. The molecular weight excluding hydrogens is 274 g/mol. The summed E-state index contributed by atoms with van der Waals surface area (Å²) < 4.78 is 0.645. The molecule has 2 nitrogen and oxygen atoms in total. The minimum absolute atomic E-state index is 0.0123. The first-order valence-electron chi connectivity index (χ1n) is 6.10. The predicted octanol–water partition coefficient (Wildman–Crippen LogP) is 3.85. The second-order valence-corrected chi connectivity index (χ2v) is 5.90. The topological polar surface area (TPSA) is 20.3 Å². The number of carbonyl (C=O) groups excluding carboxylic acids is 1. The molecule has 0 radical (unpaired) electrons. The van der Waals surface area contributed by atoms with Gasteiger partial charge in [-0.1, -0.05) is 60.4 Å². The highest BCUT2D eigenvalue weighted by Crippen LogP contribution is 2.31. The summed E-state index contributed by atoms with van der Waals surface area (Å²) in [5.74, 6) is 0.0123. The van der Waals surface area contributed by atoms with Crippen LogP contribution in [0.5, 0.6) is 0 Å². The van der Waals surface area contributed by atoms with E-state index in [0.717, 1.165) is 11.1 Å². The average Bonchev–Trinajstić information content (AvgIpc) is 2.65. The van der Waals surface area contributed by atoms with Crippen LogP contribution in [0.3, 0.4) is 0 Å². The molecule has 0 N–H and O–H groups in total.